The number of rotatable bonds is 4. The summed E-state index contributed by atoms with van der Waals surface area (Å²) in [7, 11) is 1.57. The maximum absolute atomic E-state index is 12.2. The van der Waals surface area contributed by atoms with E-state index in [2.05, 4.69) is 20.9 Å². The zero-order valence-corrected chi connectivity index (χ0v) is 12.0. The van der Waals surface area contributed by atoms with Crippen LogP contribution in [-0.2, 0) is 0 Å². The molecule has 21 heavy (non-hydrogen) atoms. The lowest BCUT2D eigenvalue weighted by molar-refractivity contribution is 0.102. The number of aromatic nitrogens is 3. The highest BCUT2D eigenvalue weighted by atomic mass is 16.5. The second-order valence-electron chi connectivity index (χ2n) is 5.05. The summed E-state index contributed by atoms with van der Waals surface area (Å²) < 4.78 is 6.96. The minimum atomic E-state index is -0.294. The average Bonchev–Trinajstić information content (AvgIpc) is 2.86. The molecule has 7 heteroatoms. The predicted molar refractivity (Wildman–Crippen MR) is 77.6 cm³/mol. The van der Waals surface area contributed by atoms with E-state index in [4.69, 9.17) is 4.74 Å². The minimum absolute atomic E-state index is 0.285. The maximum atomic E-state index is 12.2. The van der Waals surface area contributed by atoms with Gasteiger partial charge in [-0.15, -0.1) is 5.10 Å². The smallest absolute Gasteiger partial charge is 0.277 e. The van der Waals surface area contributed by atoms with Crippen LogP contribution in [0.15, 0.2) is 24.4 Å². The van der Waals surface area contributed by atoms with E-state index in [0.29, 0.717) is 17.1 Å². The van der Waals surface area contributed by atoms with Crippen LogP contribution in [0.1, 0.15) is 22.1 Å². The molecule has 1 aliphatic heterocycles. The molecule has 0 saturated carbocycles. The van der Waals surface area contributed by atoms with Crippen molar-refractivity contribution in [2.75, 3.05) is 25.5 Å². The lowest BCUT2D eigenvalue weighted by Gasteiger charge is -2.26. The summed E-state index contributed by atoms with van der Waals surface area (Å²) in [5.41, 5.74) is 1.96. The number of carbonyl (C=O) groups is 1. The highest BCUT2D eigenvalue weighted by molar-refractivity contribution is 6.03. The van der Waals surface area contributed by atoms with Crippen LogP contribution in [-0.4, -0.2) is 41.1 Å². The summed E-state index contributed by atoms with van der Waals surface area (Å²) >= 11 is 0. The van der Waals surface area contributed by atoms with Gasteiger partial charge in [0.25, 0.3) is 5.91 Å². The second-order valence-corrected chi connectivity index (χ2v) is 5.05. The fourth-order valence-corrected chi connectivity index (χ4v) is 2.13. The first-order chi connectivity index (χ1) is 10.2. The summed E-state index contributed by atoms with van der Waals surface area (Å²) in [6, 6.07) is 5.89. The van der Waals surface area contributed by atoms with Crippen LogP contribution in [0.25, 0.3) is 0 Å². The van der Waals surface area contributed by atoms with Gasteiger partial charge in [0.1, 0.15) is 5.75 Å². The van der Waals surface area contributed by atoms with Gasteiger partial charge < -0.3 is 15.4 Å². The Morgan fingerprint density at radius 2 is 2.29 bits per heavy atom. The Bertz CT molecular complexity index is 663. The van der Waals surface area contributed by atoms with E-state index in [9.17, 15) is 4.79 Å². The summed E-state index contributed by atoms with van der Waals surface area (Å²) in [5, 5.41) is 13.9. The number of nitrogens with zero attached hydrogens (tertiary/aromatic N) is 3. The Balaban J connectivity index is 1.76. The molecule has 2 aromatic rings. The number of hydrogen-bond acceptors (Lipinski definition) is 5. The van der Waals surface area contributed by atoms with Gasteiger partial charge in [0, 0.05) is 13.1 Å². The number of carbonyl (C=O) groups excluding carboxylic acids is 1. The number of methoxy groups -OCH3 is 1. The Kier molecular flexibility index (Phi) is 3.57. The van der Waals surface area contributed by atoms with Gasteiger partial charge in [-0.1, -0.05) is 11.3 Å². The third-order valence-corrected chi connectivity index (χ3v) is 3.48. The van der Waals surface area contributed by atoms with Gasteiger partial charge >= 0.3 is 0 Å². The molecule has 1 aliphatic rings. The fourth-order valence-electron chi connectivity index (χ4n) is 2.13. The van der Waals surface area contributed by atoms with E-state index in [1.54, 1.807) is 18.0 Å². The Hall–Kier alpha value is -2.41. The van der Waals surface area contributed by atoms with Crippen LogP contribution >= 0.6 is 0 Å². The predicted octanol–water partition coefficient (Wildman–Crippen LogP) is 0.992. The van der Waals surface area contributed by atoms with Crippen molar-refractivity contribution in [3.05, 3.63) is 35.7 Å². The van der Waals surface area contributed by atoms with Crippen LogP contribution in [0.4, 0.5) is 5.69 Å². The summed E-state index contributed by atoms with van der Waals surface area (Å²) in [6.07, 6.45) is 1.67. The molecule has 0 aliphatic carbocycles. The lowest BCUT2D eigenvalue weighted by atomic mass is 10.2. The fraction of sp³-hybridized carbons (Fsp3) is 0.357. The molecule has 1 aromatic carbocycles. The van der Waals surface area contributed by atoms with Crippen molar-refractivity contribution in [1.82, 2.24) is 20.3 Å². The molecular formula is C14H17N5O2. The highest BCUT2D eigenvalue weighted by Gasteiger charge is 2.22. The number of aryl methyl sites for hydroxylation is 1. The van der Waals surface area contributed by atoms with Gasteiger partial charge in [0.2, 0.25) is 0 Å². The van der Waals surface area contributed by atoms with Gasteiger partial charge in [-0.25, -0.2) is 4.68 Å². The number of amides is 1. The standard InChI is InChI=1S/C14H17N5O2/c1-9-3-4-13(21-2)11(5-9)16-14(20)12-8-19(18-17-12)10-6-15-7-10/h3-5,8,10,15H,6-7H2,1-2H3,(H,16,20). The lowest BCUT2D eigenvalue weighted by Crippen LogP contribution is -2.43. The first-order valence-corrected chi connectivity index (χ1v) is 6.76. The SMILES string of the molecule is COc1ccc(C)cc1NC(=O)c1cn(C2CNC2)nn1. The Labute approximate surface area is 122 Å². The third kappa shape index (κ3) is 2.73. The summed E-state index contributed by atoms with van der Waals surface area (Å²) in [4.78, 5) is 12.2. The van der Waals surface area contributed by atoms with E-state index < -0.39 is 0 Å². The minimum Gasteiger partial charge on any atom is -0.495 e. The first kappa shape index (κ1) is 13.6. The quantitative estimate of drug-likeness (QED) is 0.876. The van der Waals surface area contributed by atoms with Gasteiger partial charge in [0.05, 0.1) is 25.0 Å². The van der Waals surface area contributed by atoms with Crippen molar-refractivity contribution in [2.24, 2.45) is 0 Å². The molecule has 0 radical (unpaired) electrons. The Morgan fingerprint density at radius 1 is 1.48 bits per heavy atom. The number of nitrogens with one attached hydrogen (secondary N) is 2. The molecule has 1 aromatic heterocycles. The maximum Gasteiger partial charge on any atom is 0.277 e. The Morgan fingerprint density at radius 3 is 2.95 bits per heavy atom. The molecule has 0 atom stereocenters. The van der Waals surface area contributed by atoms with Crippen LogP contribution in [0.5, 0.6) is 5.75 Å². The highest BCUT2D eigenvalue weighted by Crippen LogP contribution is 2.25. The average molecular weight is 287 g/mol. The molecule has 0 spiro atoms. The number of anilines is 1. The van der Waals surface area contributed by atoms with Crippen LogP contribution in [0.2, 0.25) is 0 Å². The van der Waals surface area contributed by atoms with E-state index in [-0.39, 0.29) is 11.9 Å². The van der Waals surface area contributed by atoms with Crippen LogP contribution in [0.3, 0.4) is 0 Å². The number of hydrogen-bond donors (Lipinski definition) is 2. The van der Waals surface area contributed by atoms with Gasteiger partial charge in [0.15, 0.2) is 5.69 Å². The van der Waals surface area contributed by atoms with Crippen molar-refractivity contribution in [3.8, 4) is 5.75 Å². The van der Waals surface area contributed by atoms with E-state index >= 15 is 0 Å². The van der Waals surface area contributed by atoms with Crippen molar-refractivity contribution >= 4 is 11.6 Å². The molecule has 1 saturated heterocycles. The van der Waals surface area contributed by atoms with Crippen molar-refractivity contribution in [1.29, 1.82) is 0 Å². The topological polar surface area (TPSA) is 81.1 Å². The zero-order valence-electron chi connectivity index (χ0n) is 12.0. The number of ether oxygens (including phenoxy) is 1. The monoisotopic (exact) mass is 287 g/mol. The van der Waals surface area contributed by atoms with E-state index in [1.165, 1.54) is 0 Å². The zero-order chi connectivity index (χ0) is 14.8. The molecule has 2 heterocycles. The second kappa shape index (κ2) is 5.53. The third-order valence-electron chi connectivity index (χ3n) is 3.48. The van der Waals surface area contributed by atoms with E-state index in [1.807, 2.05) is 25.1 Å². The molecule has 0 unspecified atom stereocenters. The molecule has 7 nitrogen and oxygen atoms in total. The molecule has 2 N–H and O–H groups in total. The molecule has 0 bridgehead atoms. The van der Waals surface area contributed by atoms with Crippen molar-refractivity contribution < 1.29 is 9.53 Å². The van der Waals surface area contributed by atoms with Gasteiger partial charge in [-0.05, 0) is 24.6 Å². The summed E-state index contributed by atoms with van der Waals surface area (Å²) in [6.45, 7) is 3.67. The van der Waals surface area contributed by atoms with Crippen molar-refractivity contribution in [2.45, 2.75) is 13.0 Å². The molecule has 1 fully saturated rings. The largest absolute Gasteiger partial charge is 0.495 e. The van der Waals surface area contributed by atoms with Crippen LogP contribution < -0.4 is 15.4 Å². The molecule has 1 amide bonds. The van der Waals surface area contributed by atoms with Gasteiger partial charge in [-0.2, -0.15) is 0 Å². The summed E-state index contributed by atoms with van der Waals surface area (Å²) in [5.74, 6) is 0.321. The van der Waals surface area contributed by atoms with Crippen molar-refractivity contribution in [3.63, 3.8) is 0 Å². The van der Waals surface area contributed by atoms with E-state index in [0.717, 1.165) is 18.7 Å². The number of benzene rings is 1. The molecule has 3 rings (SSSR count). The van der Waals surface area contributed by atoms with Crippen LogP contribution in [0, 0.1) is 6.92 Å². The normalized spacial score (nSPS) is 14.6. The van der Waals surface area contributed by atoms with Gasteiger partial charge in [-0.3, -0.25) is 4.79 Å². The molecule has 110 valence electrons. The first-order valence-electron chi connectivity index (χ1n) is 6.76. The molecular weight excluding hydrogens is 270 g/mol.